The van der Waals surface area contributed by atoms with Gasteiger partial charge in [0.1, 0.15) is 5.78 Å². The number of ketones is 1. The van der Waals surface area contributed by atoms with Gasteiger partial charge in [0.05, 0.1) is 0 Å². The Morgan fingerprint density at radius 1 is 1.46 bits per heavy atom. The topological polar surface area (TPSA) is 54.5 Å². The Morgan fingerprint density at radius 2 is 2.08 bits per heavy atom. The lowest BCUT2D eigenvalue weighted by molar-refractivity contribution is -0.134. The zero-order chi connectivity index (χ0) is 10.3. The Kier molecular flexibility index (Phi) is 5.43. The van der Waals surface area contributed by atoms with E-state index in [1.54, 1.807) is 0 Å². The number of rotatable bonds is 6. The molecular formula is C9H13NO3. The van der Waals surface area contributed by atoms with Gasteiger partial charge in [-0.25, -0.2) is 0 Å². The van der Waals surface area contributed by atoms with Gasteiger partial charge in [0, 0.05) is 13.0 Å². The number of Topliss-reactive ketones (excluding diaryl/α,β-unsaturated/α-hetero) is 1. The van der Waals surface area contributed by atoms with Crippen molar-refractivity contribution in [1.29, 1.82) is 0 Å². The van der Waals surface area contributed by atoms with Crippen molar-refractivity contribution in [2.75, 3.05) is 6.54 Å². The van der Waals surface area contributed by atoms with E-state index in [1.165, 1.54) is 6.92 Å². The molecule has 2 amide bonds. The number of nitrogens with zero attached hydrogens (tertiary/aromatic N) is 1. The van der Waals surface area contributed by atoms with Crippen LogP contribution in [0, 0.1) is 0 Å². The second-order valence-electron chi connectivity index (χ2n) is 2.65. The minimum atomic E-state index is -0.432. The Balaban J connectivity index is 3.85. The van der Waals surface area contributed by atoms with Gasteiger partial charge in [-0.05, 0) is 19.4 Å². The maximum Gasteiger partial charge on any atom is 0.252 e. The monoisotopic (exact) mass is 183 g/mol. The first-order valence-corrected chi connectivity index (χ1v) is 3.99. The molecule has 0 saturated carbocycles. The molecule has 0 spiro atoms. The quantitative estimate of drug-likeness (QED) is 0.445. The van der Waals surface area contributed by atoms with Crippen LogP contribution in [0.5, 0.6) is 0 Å². The summed E-state index contributed by atoms with van der Waals surface area (Å²) in [6.07, 6.45) is 2.41. The van der Waals surface area contributed by atoms with Crippen LogP contribution >= 0.6 is 0 Å². The molecule has 0 saturated heterocycles. The molecule has 13 heavy (non-hydrogen) atoms. The van der Waals surface area contributed by atoms with E-state index >= 15 is 0 Å². The lowest BCUT2D eigenvalue weighted by atomic mass is 10.2. The van der Waals surface area contributed by atoms with Gasteiger partial charge in [-0.2, -0.15) is 0 Å². The summed E-state index contributed by atoms with van der Waals surface area (Å²) in [6.45, 7) is 5.00. The van der Waals surface area contributed by atoms with Gasteiger partial charge in [-0.3, -0.25) is 14.5 Å². The number of carbonyl (C=O) groups excluding carboxylic acids is 3. The van der Waals surface area contributed by atoms with E-state index in [2.05, 4.69) is 6.58 Å². The van der Waals surface area contributed by atoms with E-state index in [1.807, 2.05) is 0 Å². The molecule has 0 bridgehead atoms. The van der Waals surface area contributed by atoms with Gasteiger partial charge in [-0.1, -0.05) is 6.58 Å². The fourth-order valence-electron chi connectivity index (χ4n) is 0.830. The zero-order valence-electron chi connectivity index (χ0n) is 7.66. The molecule has 0 unspecified atom stereocenters. The van der Waals surface area contributed by atoms with E-state index in [9.17, 15) is 14.4 Å². The minimum absolute atomic E-state index is 0.0527. The number of amides is 2. The lowest BCUT2D eigenvalue weighted by Gasteiger charge is -2.11. The van der Waals surface area contributed by atoms with E-state index in [0.29, 0.717) is 19.3 Å². The smallest absolute Gasteiger partial charge is 0.252 e. The second kappa shape index (κ2) is 6.11. The summed E-state index contributed by atoms with van der Waals surface area (Å²) in [5.74, 6) is -0.379. The van der Waals surface area contributed by atoms with Crippen LogP contribution in [0.3, 0.4) is 0 Å². The normalized spacial score (nSPS) is 9.00. The molecule has 0 rings (SSSR count). The van der Waals surface area contributed by atoms with Crippen molar-refractivity contribution < 1.29 is 14.4 Å². The van der Waals surface area contributed by atoms with Gasteiger partial charge >= 0.3 is 0 Å². The van der Waals surface area contributed by atoms with Gasteiger partial charge in [0.25, 0.3) is 5.91 Å². The van der Waals surface area contributed by atoms with Crippen LogP contribution in [0.25, 0.3) is 0 Å². The van der Waals surface area contributed by atoms with Crippen molar-refractivity contribution in [3.63, 3.8) is 0 Å². The van der Waals surface area contributed by atoms with Gasteiger partial charge in [0.2, 0.25) is 6.41 Å². The van der Waals surface area contributed by atoms with E-state index in [-0.39, 0.29) is 12.3 Å². The van der Waals surface area contributed by atoms with Crippen molar-refractivity contribution in [2.24, 2.45) is 0 Å². The molecule has 0 aromatic carbocycles. The molecule has 0 radical (unpaired) electrons. The van der Waals surface area contributed by atoms with Crippen molar-refractivity contribution >= 4 is 18.1 Å². The van der Waals surface area contributed by atoms with Crippen molar-refractivity contribution in [1.82, 2.24) is 4.90 Å². The van der Waals surface area contributed by atoms with Crippen LogP contribution in [0.1, 0.15) is 19.8 Å². The van der Waals surface area contributed by atoms with Crippen LogP contribution in [-0.2, 0) is 14.4 Å². The van der Waals surface area contributed by atoms with Crippen LogP contribution in [0.2, 0.25) is 0 Å². The summed E-state index contributed by atoms with van der Waals surface area (Å²) in [4.78, 5) is 32.8. The van der Waals surface area contributed by atoms with Gasteiger partial charge in [0.15, 0.2) is 0 Å². The number of imide groups is 1. The molecule has 0 aliphatic carbocycles. The van der Waals surface area contributed by atoms with Gasteiger partial charge in [-0.15, -0.1) is 0 Å². The average molecular weight is 183 g/mol. The molecule has 0 heterocycles. The lowest BCUT2D eigenvalue weighted by Crippen LogP contribution is -2.29. The Morgan fingerprint density at radius 3 is 2.46 bits per heavy atom. The van der Waals surface area contributed by atoms with Crippen LogP contribution in [0.15, 0.2) is 12.7 Å². The molecule has 4 nitrogen and oxygen atoms in total. The Labute approximate surface area is 77.2 Å². The molecule has 0 atom stereocenters. The number of carbonyl (C=O) groups is 3. The second-order valence-corrected chi connectivity index (χ2v) is 2.65. The molecular weight excluding hydrogens is 170 g/mol. The summed E-state index contributed by atoms with van der Waals surface area (Å²) in [7, 11) is 0. The Bertz CT molecular complexity index is 223. The highest BCUT2D eigenvalue weighted by Crippen LogP contribution is 1.95. The third kappa shape index (κ3) is 4.90. The summed E-state index contributed by atoms with van der Waals surface area (Å²) >= 11 is 0. The average Bonchev–Trinajstić information content (AvgIpc) is 2.11. The highest BCUT2D eigenvalue weighted by atomic mass is 16.2. The summed E-state index contributed by atoms with van der Waals surface area (Å²) in [6, 6.07) is 0. The number of hydrogen-bond donors (Lipinski definition) is 0. The van der Waals surface area contributed by atoms with E-state index in [0.717, 1.165) is 11.0 Å². The van der Waals surface area contributed by atoms with E-state index in [4.69, 9.17) is 0 Å². The first-order valence-electron chi connectivity index (χ1n) is 3.99. The van der Waals surface area contributed by atoms with Crippen LogP contribution in [0.4, 0.5) is 0 Å². The van der Waals surface area contributed by atoms with E-state index < -0.39 is 5.91 Å². The summed E-state index contributed by atoms with van der Waals surface area (Å²) in [5.41, 5.74) is 0. The predicted molar refractivity (Wildman–Crippen MR) is 47.9 cm³/mol. The van der Waals surface area contributed by atoms with Crippen LogP contribution < -0.4 is 0 Å². The van der Waals surface area contributed by atoms with Crippen molar-refractivity contribution in [3.05, 3.63) is 12.7 Å². The molecule has 0 aliphatic heterocycles. The van der Waals surface area contributed by atoms with Crippen molar-refractivity contribution in [3.8, 4) is 0 Å². The summed E-state index contributed by atoms with van der Waals surface area (Å²) < 4.78 is 0. The number of hydrogen-bond acceptors (Lipinski definition) is 3. The maximum atomic E-state index is 10.9. The SMILES string of the molecule is C=CC(=O)N(C=O)CCCC(C)=O. The molecule has 72 valence electrons. The zero-order valence-corrected chi connectivity index (χ0v) is 7.66. The van der Waals surface area contributed by atoms with Gasteiger partial charge < -0.3 is 4.79 Å². The highest BCUT2D eigenvalue weighted by Gasteiger charge is 2.07. The largest absolute Gasteiger partial charge is 0.300 e. The molecule has 0 fully saturated rings. The third-order valence-corrected chi connectivity index (χ3v) is 1.51. The van der Waals surface area contributed by atoms with Crippen molar-refractivity contribution in [2.45, 2.75) is 19.8 Å². The maximum absolute atomic E-state index is 10.9. The fraction of sp³-hybridized carbons (Fsp3) is 0.444. The molecule has 0 aromatic rings. The molecule has 4 heteroatoms. The fourth-order valence-corrected chi connectivity index (χ4v) is 0.830. The first-order chi connectivity index (χ1) is 6.11. The molecule has 0 aliphatic rings. The minimum Gasteiger partial charge on any atom is -0.300 e. The first kappa shape index (κ1) is 11.6. The predicted octanol–water partition coefficient (Wildman–Crippen LogP) is 0.527. The Hall–Kier alpha value is -1.45. The standard InChI is InChI=1S/C9H13NO3/c1-3-9(13)10(7-11)6-4-5-8(2)12/h3,7H,1,4-6H2,2H3. The third-order valence-electron chi connectivity index (χ3n) is 1.51. The highest BCUT2D eigenvalue weighted by molar-refractivity contribution is 5.94. The molecule has 0 N–H and O–H groups in total. The molecule has 0 aromatic heterocycles. The summed E-state index contributed by atoms with van der Waals surface area (Å²) in [5, 5.41) is 0. The van der Waals surface area contributed by atoms with Crippen LogP contribution in [-0.4, -0.2) is 29.5 Å².